The summed E-state index contributed by atoms with van der Waals surface area (Å²) in [5, 5.41) is 15.1. The number of hydrogen-bond donors (Lipinski definition) is 3. The van der Waals surface area contributed by atoms with E-state index in [9.17, 15) is 5.11 Å². The highest BCUT2D eigenvalue weighted by Crippen LogP contribution is 2.08. The van der Waals surface area contributed by atoms with Gasteiger partial charge in [-0.25, -0.2) is 0 Å². The number of benzene rings is 1. The molecule has 0 radical (unpaired) electrons. The number of rotatable bonds is 7. The van der Waals surface area contributed by atoms with Crippen molar-refractivity contribution < 1.29 is 5.11 Å². The Morgan fingerprint density at radius 1 is 1.24 bits per heavy atom. The van der Waals surface area contributed by atoms with Crippen molar-refractivity contribution in [3.63, 3.8) is 0 Å². The molecule has 2 rings (SSSR count). The second-order valence-electron chi connectivity index (χ2n) is 4.83. The molecule has 0 saturated heterocycles. The van der Waals surface area contributed by atoms with E-state index in [1.165, 1.54) is 4.88 Å². The number of aliphatic imine (C=N–C) groups is 1. The first-order valence-corrected chi connectivity index (χ1v) is 7.90. The molecule has 0 bridgehead atoms. The monoisotopic (exact) mass is 303 g/mol. The molecule has 0 spiro atoms. The Balaban J connectivity index is 1.67. The van der Waals surface area contributed by atoms with Crippen LogP contribution in [0.15, 0.2) is 52.8 Å². The van der Waals surface area contributed by atoms with Crippen molar-refractivity contribution >= 4 is 17.3 Å². The van der Waals surface area contributed by atoms with Crippen molar-refractivity contribution in [2.75, 3.05) is 13.1 Å². The molecule has 4 nitrogen and oxygen atoms in total. The summed E-state index contributed by atoms with van der Waals surface area (Å²) >= 11 is 1.73. The summed E-state index contributed by atoms with van der Waals surface area (Å²) in [6.07, 6.45) is 1.01. The van der Waals surface area contributed by atoms with Gasteiger partial charge in [-0.2, -0.15) is 0 Å². The minimum Gasteiger partial charge on any atom is -0.391 e. The summed E-state index contributed by atoms with van der Waals surface area (Å²) in [5.74, 6) is 0.388. The van der Waals surface area contributed by atoms with Gasteiger partial charge < -0.3 is 16.2 Å². The Kier molecular flexibility index (Phi) is 6.24. The molecule has 0 saturated carbocycles. The summed E-state index contributed by atoms with van der Waals surface area (Å²) in [7, 11) is 0. The number of thiophene rings is 1. The summed E-state index contributed by atoms with van der Waals surface area (Å²) in [4.78, 5) is 5.49. The lowest BCUT2D eigenvalue weighted by Crippen LogP contribution is -2.34. The molecule has 112 valence electrons. The largest absolute Gasteiger partial charge is 0.391 e. The van der Waals surface area contributed by atoms with Gasteiger partial charge in [-0.3, -0.25) is 4.99 Å². The first-order chi connectivity index (χ1) is 10.2. The molecule has 21 heavy (non-hydrogen) atoms. The number of nitrogens with one attached hydrogen (secondary N) is 1. The maximum atomic E-state index is 9.94. The van der Waals surface area contributed by atoms with Gasteiger partial charge in [-0.1, -0.05) is 36.4 Å². The van der Waals surface area contributed by atoms with Gasteiger partial charge >= 0.3 is 0 Å². The molecule has 0 aliphatic heterocycles. The highest BCUT2D eigenvalue weighted by atomic mass is 32.1. The zero-order valence-electron chi connectivity index (χ0n) is 11.9. The van der Waals surface area contributed by atoms with Crippen molar-refractivity contribution in [2.24, 2.45) is 10.7 Å². The standard InChI is InChI=1S/C16H21N3OS/c17-16(18-9-8-15-7-4-10-21-15)19-12-14(20)11-13-5-2-1-3-6-13/h1-7,10,14,20H,8-9,11-12H2,(H3,17,18,19). The number of guanidine groups is 1. The number of hydrogen-bond acceptors (Lipinski definition) is 3. The molecule has 1 unspecified atom stereocenters. The molecule has 2 aromatic rings. The smallest absolute Gasteiger partial charge is 0.188 e. The van der Waals surface area contributed by atoms with Crippen LogP contribution in [0.1, 0.15) is 10.4 Å². The van der Waals surface area contributed by atoms with Crippen molar-refractivity contribution in [3.05, 3.63) is 58.3 Å². The quantitative estimate of drug-likeness (QED) is 0.539. The van der Waals surface area contributed by atoms with E-state index in [1.54, 1.807) is 11.3 Å². The predicted molar refractivity (Wildman–Crippen MR) is 88.7 cm³/mol. The average molecular weight is 303 g/mol. The van der Waals surface area contributed by atoms with E-state index in [2.05, 4.69) is 21.8 Å². The molecule has 0 aliphatic rings. The second-order valence-corrected chi connectivity index (χ2v) is 5.86. The van der Waals surface area contributed by atoms with Gasteiger partial charge in [0.1, 0.15) is 0 Å². The number of aliphatic hydroxyl groups is 1. The van der Waals surface area contributed by atoms with E-state index in [-0.39, 0.29) is 0 Å². The first-order valence-electron chi connectivity index (χ1n) is 7.02. The SMILES string of the molecule is NC(=NCC(O)Cc1ccccc1)NCCc1cccs1. The van der Waals surface area contributed by atoms with E-state index in [0.29, 0.717) is 18.9 Å². The summed E-state index contributed by atoms with van der Waals surface area (Å²) in [5.41, 5.74) is 6.89. The van der Waals surface area contributed by atoms with Crippen LogP contribution in [-0.2, 0) is 12.8 Å². The molecule has 1 aromatic carbocycles. The molecule has 0 aliphatic carbocycles. The summed E-state index contributed by atoms with van der Waals surface area (Å²) in [6, 6.07) is 14.0. The lowest BCUT2D eigenvalue weighted by Gasteiger charge is -2.09. The first kappa shape index (κ1) is 15.5. The molecule has 0 fully saturated rings. The third-order valence-corrected chi connectivity index (χ3v) is 3.98. The van der Waals surface area contributed by atoms with Gasteiger partial charge in [0.2, 0.25) is 0 Å². The van der Waals surface area contributed by atoms with Crippen molar-refractivity contribution in [2.45, 2.75) is 18.9 Å². The highest BCUT2D eigenvalue weighted by molar-refractivity contribution is 7.09. The molecule has 0 amide bonds. The molecule has 5 heteroatoms. The summed E-state index contributed by atoms with van der Waals surface area (Å²) < 4.78 is 0. The average Bonchev–Trinajstić information content (AvgIpc) is 2.99. The van der Waals surface area contributed by atoms with E-state index in [0.717, 1.165) is 18.5 Å². The predicted octanol–water partition coefficient (Wildman–Crippen LogP) is 1.80. The van der Waals surface area contributed by atoms with Crippen molar-refractivity contribution in [1.82, 2.24) is 5.32 Å². The van der Waals surface area contributed by atoms with Gasteiger partial charge in [-0.15, -0.1) is 11.3 Å². The third kappa shape index (κ3) is 5.97. The van der Waals surface area contributed by atoms with Crippen LogP contribution >= 0.6 is 11.3 Å². The molecule has 4 N–H and O–H groups in total. The van der Waals surface area contributed by atoms with Crippen LogP contribution in [-0.4, -0.2) is 30.3 Å². The normalized spacial score (nSPS) is 13.1. The van der Waals surface area contributed by atoms with Gasteiger partial charge in [-0.05, 0) is 23.4 Å². The Bertz CT molecular complexity index is 540. The van der Waals surface area contributed by atoms with Crippen LogP contribution in [0.25, 0.3) is 0 Å². The van der Waals surface area contributed by atoms with Crippen LogP contribution in [0.4, 0.5) is 0 Å². The van der Waals surface area contributed by atoms with Gasteiger partial charge in [0.15, 0.2) is 5.96 Å². The second kappa shape index (κ2) is 8.44. The topological polar surface area (TPSA) is 70.6 Å². The van der Waals surface area contributed by atoms with Gasteiger partial charge in [0.25, 0.3) is 0 Å². The fourth-order valence-corrected chi connectivity index (χ4v) is 2.69. The van der Waals surface area contributed by atoms with Crippen LogP contribution < -0.4 is 11.1 Å². The van der Waals surface area contributed by atoms with Crippen molar-refractivity contribution in [1.29, 1.82) is 0 Å². The Labute approximate surface area is 129 Å². The van der Waals surface area contributed by atoms with Crippen LogP contribution in [0.5, 0.6) is 0 Å². The lowest BCUT2D eigenvalue weighted by molar-refractivity contribution is 0.184. The number of nitrogens with zero attached hydrogens (tertiary/aromatic N) is 1. The van der Waals surface area contributed by atoms with E-state index in [4.69, 9.17) is 5.73 Å². The van der Waals surface area contributed by atoms with E-state index in [1.807, 2.05) is 36.4 Å². The molecule has 1 atom stereocenters. The van der Waals surface area contributed by atoms with Crippen LogP contribution in [0, 0.1) is 0 Å². The minimum atomic E-state index is -0.509. The lowest BCUT2D eigenvalue weighted by atomic mass is 10.1. The van der Waals surface area contributed by atoms with Crippen LogP contribution in [0.2, 0.25) is 0 Å². The Morgan fingerprint density at radius 2 is 2.05 bits per heavy atom. The number of aliphatic hydroxyl groups excluding tert-OH is 1. The summed E-state index contributed by atoms with van der Waals surface area (Å²) in [6.45, 7) is 1.07. The fraction of sp³-hybridized carbons (Fsp3) is 0.312. The molecular weight excluding hydrogens is 282 g/mol. The van der Waals surface area contributed by atoms with E-state index >= 15 is 0 Å². The zero-order valence-corrected chi connectivity index (χ0v) is 12.7. The highest BCUT2D eigenvalue weighted by Gasteiger charge is 2.04. The zero-order chi connectivity index (χ0) is 14.9. The molecule has 1 aromatic heterocycles. The van der Waals surface area contributed by atoms with Crippen molar-refractivity contribution in [3.8, 4) is 0 Å². The fourth-order valence-electron chi connectivity index (χ4n) is 1.98. The van der Waals surface area contributed by atoms with Crippen LogP contribution in [0.3, 0.4) is 0 Å². The Hall–Kier alpha value is -1.85. The minimum absolute atomic E-state index is 0.312. The molecule has 1 heterocycles. The third-order valence-electron chi connectivity index (χ3n) is 3.04. The Morgan fingerprint density at radius 3 is 2.76 bits per heavy atom. The van der Waals surface area contributed by atoms with E-state index < -0.39 is 6.10 Å². The number of nitrogens with two attached hydrogens (primary N) is 1. The maximum absolute atomic E-state index is 9.94. The van der Waals surface area contributed by atoms with Gasteiger partial charge in [0.05, 0.1) is 12.6 Å². The molecular formula is C16H21N3OS. The maximum Gasteiger partial charge on any atom is 0.188 e. The van der Waals surface area contributed by atoms with Gasteiger partial charge in [0, 0.05) is 17.8 Å².